The van der Waals surface area contributed by atoms with Crippen molar-refractivity contribution in [3.8, 4) is 5.75 Å². The Morgan fingerprint density at radius 2 is 1.72 bits per heavy atom. The van der Waals surface area contributed by atoms with Crippen LogP contribution in [0.15, 0.2) is 47.4 Å². The number of sulfonamides is 1. The fourth-order valence-corrected chi connectivity index (χ4v) is 4.77. The Hall–Kier alpha value is -2.95. The number of ether oxygens (including phenoxy) is 2. The van der Waals surface area contributed by atoms with E-state index >= 15 is 0 Å². The van der Waals surface area contributed by atoms with E-state index in [0.717, 1.165) is 6.07 Å². The van der Waals surface area contributed by atoms with Gasteiger partial charge in [0.2, 0.25) is 10.0 Å². The van der Waals surface area contributed by atoms with Crippen LogP contribution < -0.4 is 10.1 Å². The molecule has 0 bridgehead atoms. The van der Waals surface area contributed by atoms with Crippen molar-refractivity contribution in [2.75, 3.05) is 26.8 Å². The summed E-state index contributed by atoms with van der Waals surface area (Å²) in [5.41, 5.74) is 0.0302. The number of halogens is 1. The van der Waals surface area contributed by atoms with Crippen molar-refractivity contribution in [2.24, 2.45) is 0 Å². The molecule has 0 atom stereocenters. The third-order valence-corrected chi connectivity index (χ3v) is 6.96. The van der Waals surface area contributed by atoms with Crippen LogP contribution in [0.3, 0.4) is 0 Å². The van der Waals surface area contributed by atoms with Gasteiger partial charge in [0.1, 0.15) is 10.6 Å². The zero-order valence-electron chi connectivity index (χ0n) is 17.8. The second-order valence-corrected chi connectivity index (χ2v) is 8.70. The monoisotopic (exact) mass is 482 g/mol. The number of carbonyl (C=O) groups is 3. The van der Waals surface area contributed by atoms with E-state index in [9.17, 15) is 22.8 Å². The highest BCUT2D eigenvalue weighted by Gasteiger charge is 2.26. The Labute approximate surface area is 191 Å². The van der Waals surface area contributed by atoms with Gasteiger partial charge in [0.25, 0.3) is 11.8 Å². The van der Waals surface area contributed by atoms with Crippen molar-refractivity contribution in [1.29, 1.82) is 0 Å². The molecule has 0 aliphatic rings. The first-order chi connectivity index (χ1) is 15.1. The summed E-state index contributed by atoms with van der Waals surface area (Å²) in [6.45, 7) is 3.06. The quantitative estimate of drug-likeness (QED) is 0.545. The van der Waals surface area contributed by atoms with Crippen LogP contribution in [-0.2, 0) is 19.6 Å². The summed E-state index contributed by atoms with van der Waals surface area (Å²) in [5, 5.41) is 2.05. The summed E-state index contributed by atoms with van der Waals surface area (Å²) < 4.78 is 36.7. The lowest BCUT2D eigenvalue weighted by molar-refractivity contribution is -0.123. The van der Waals surface area contributed by atoms with E-state index in [2.05, 4.69) is 5.32 Å². The van der Waals surface area contributed by atoms with Crippen molar-refractivity contribution < 1.29 is 32.3 Å². The third kappa shape index (κ3) is 5.84. The molecule has 172 valence electrons. The molecule has 2 amide bonds. The summed E-state index contributed by atoms with van der Waals surface area (Å²) in [4.78, 5) is 36.4. The van der Waals surface area contributed by atoms with E-state index in [4.69, 9.17) is 21.1 Å². The topological polar surface area (TPSA) is 119 Å². The fourth-order valence-electron chi connectivity index (χ4n) is 2.81. The minimum absolute atomic E-state index is 0.0476. The predicted molar refractivity (Wildman–Crippen MR) is 117 cm³/mol. The molecule has 11 heteroatoms. The Balaban J connectivity index is 2.08. The maximum Gasteiger partial charge on any atom is 0.338 e. The fraction of sp³-hybridized carbons (Fsp3) is 0.286. The molecule has 0 aromatic heterocycles. The van der Waals surface area contributed by atoms with Crippen LogP contribution in [0.25, 0.3) is 0 Å². The van der Waals surface area contributed by atoms with Gasteiger partial charge in [-0.05, 0) is 30.3 Å². The molecular formula is C21H23ClN2O7S. The maximum atomic E-state index is 12.7. The number of hydrogen-bond acceptors (Lipinski definition) is 7. The summed E-state index contributed by atoms with van der Waals surface area (Å²) in [7, 11) is -2.53. The van der Waals surface area contributed by atoms with Gasteiger partial charge in [-0.1, -0.05) is 37.6 Å². The summed E-state index contributed by atoms with van der Waals surface area (Å²) in [6.07, 6.45) is 0. The average molecular weight is 483 g/mol. The molecule has 1 N–H and O–H groups in total. The van der Waals surface area contributed by atoms with Crippen molar-refractivity contribution >= 4 is 39.4 Å². The lowest BCUT2D eigenvalue weighted by Crippen LogP contribution is -2.34. The first-order valence-electron chi connectivity index (χ1n) is 9.59. The minimum Gasteiger partial charge on any atom is -0.496 e. The normalized spacial score (nSPS) is 11.2. The van der Waals surface area contributed by atoms with Gasteiger partial charge in [-0.15, -0.1) is 0 Å². The van der Waals surface area contributed by atoms with Crippen molar-refractivity contribution in [3.63, 3.8) is 0 Å². The van der Waals surface area contributed by atoms with Gasteiger partial charge in [0.05, 0.1) is 23.3 Å². The van der Waals surface area contributed by atoms with Crippen LogP contribution in [-0.4, -0.2) is 57.3 Å². The number of nitrogens with one attached hydrogen (secondary N) is 1. The van der Waals surface area contributed by atoms with Crippen LogP contribution in [0.2, 0.25) is 5.02 Å². The molecule has 32 heavy (non-hydrogen) atoms. The van der Waals surface area contributed by atoms with Gasteiger partial charge in [-0.25, -0.2) is 13.2 Å². The lowest BCUT2D eigenvalue weighted by atomic mass is 10.2. The third-order valence-electron chi connectivity index (χ3n) is 4.43. The molecule has 0 saturated carbocycles. The maximum absolute atomic E-state index is 12.7. The highest BCUT2D eigenvalue weighted by molar-refractivity contribution is 7.89. The number of esters is 1. The van der Waals surface area contributed by atoms with E-state index < -0.39 is 34.4 Å². The zero-order valence-corrected chi connectivity index (χ0v) is 19.3. The minimum atomic E-state index is -3.91. The molecule has 2 aromatic carbocycles. The van der Waals surface area contributed by atoms with Crippen LogP contribution in [0.1, 0.15) is 34.6 Å². The molecule has 0 unspecified atom stereocenters. The average Bonchev–Trinajstić information content (AvgIpc) is 2.78. The van der Waals surface area contributed by atoms with Crippen LogP contribution in [0.4, 0.5) is 0 Å². The molecule has 9 nitrogen and oxygen atoms in total. The second kappa shape index (κ2) is 11.1. The van der Waals surface area contributed by atoms with E-state index in [0.29, 0.717) is 0 Å². The molecule has 0 saturated heterocycles. The van der Waals surface area contributed by atoms with Gasteiger partial charge in [-0.2, -0.15) is 4.31 Å². The van der Waals surface area contributed by atoms with Gasteiger partial charge in [-0.3, -0.25) is 14.9 Å². The molecule has 0 heterocycles. The molecule has 0 fully saturated rings. The SMILES string of the molecule is CCN(CC)S(=O)(=O)c1cc(C(=O)OCC(=O)NC(=O)c2ccccc2OC)ccc1Cl. The van der Waals surface area contributed by atoms with Crippen LogP contribution >= 0.6 is 11.6 Å². The Morgan fingerprint density at radius 3 is 2.34 bits per heavy atom. The molecule has 0 radical (unpaired) electrons. The zero-order chi connectivity index (χ0) is 23.9. The summed E-state index contributed by atoms with van der Waals surface area (Å²) in [5.74, 6) is -2.25. The Kier molecular flexibility index (Phi) is 8.76. The standard InChI is InChI=1S/C21H23ClN2O7S/c1-4-24(5-2)32(28,29)18-12-14(10-11-16(18)22)21(27)31-13-19(25)23-20(26)15-8-6-7-9-17(15)30-3/h6-12H,4-5,13H2,1-3H3,(H,23,25,26). The number of para-hydroxylation sites is 1. The van der Waals surface area contributed by atoms with Crippen LogP contribution in [0.5, 0.6) is 5.75 Å². The number of methoxy groups -OCH3 is 1. The van der Waals surface area contributed by atoms with Crippen molar-refractivity contribution in [3.05, 3.63) is 58.6 Å². The summed E-state index contributed by atoms with van der Waals surface area (Å²) in [6, 6.07) is 9.94. The Morgan fingerprint density at radius 1 is 1.06 bits per heavy atom. The van der Waals surface area contributed by atoms with Gasteiger partial charge >= 0.3 is 5.97 Å². The molecule has 2 rings (SSSR count). The smallest absolute Gasteiger partial charge is 0.338 e. The number of benzene rings is 2. The first kappa shape index (κ1) is 25.3. The molecule has 0 aliphatic carbocycles. The number of imide groups is 1. The molecule has 2 aromatic rings. The summed E-state index contributed by atoms with van der Waals surface area (Å²) >= 11 is 6.04. The van der Waals surface area contributed by atoms with Gasteiger partial charge in [0.15, 0.2) is 6.61 Å². The van der Waals surface area contributed by atoms with Crippen LogP contribution in [0, 0.1) is 0 Å². The molecule has 0 aliphatic heterocycles. The largest absolute Gasteiger partial charge is 0.496 e. The molecule has 0 spiro atoms. The molecular weight excluding hydrogens is 460 g/mol. The number of amides is 2. The first-order valence-corrected chi connectivity index (χ1v) is 11.4. The highest BCUT2D eigenvalue weighted by atomic mass is 35.5. The van der Waals surface area contributed by atoms with E-state index in [-0.39, 0.29) is 39.9 Å². The van der Waals surface area contributed by atoms with E-state index in [1.54, 1.807) is 32.0 Å². The number of rotatable bonds is 9. The number of nitrogens with zero attached hydrogens (tertiary/aromatic N) is 1. The predicted octanol–water partition coefficient (Wildman–Crippen LogP) is 2.49. The van der Waals surface area contributed by atoms with E-state index in [1.165, 1.54) is 29.6 Å². The highest BCUT2D eigenvalue weighted by Crippen LogP contribution is 2.26. The van der Waals surface area contributed by atoms with Gasteiger partial charge in [0, 0.05) is 13.1 Å². The number of carbonyl (C=O) groups excluding carboxylic acids is 3. The van der Waals surface area contributed by atoms with Gasteiger partial charge < -0.3 is 9.47 Å². The number of hydrogen-bond donors (Lipinski definition) is 1. The van der Waals surface area contributed by atoms with Crippen molar-refractivity contribution in [2.45, 2.75) is 18.7 Å². The Bertz CT molecular complexity index is 1110. The van der Waals surface area contributed by atoms with E-state index in [1.807, 2.05) is 0 Å². The van der Waals surface area contributed by atoms with Crippen molar-refractivity contribution in [1.82, 2.24) is 9.62 Å². The second-order valence-electron chi connectivity index (χ2n) is 6.39. The lowest BCUT2D eigenvalue weighted by Gasteiger charge is -2.19.